The lowest BCUT2D eigenvalue weighted by Gasteiger charge is -2.24. The molecule has 35 heavy (non-hydrogen) atoms. The highest BCUT2D eigenvalue weighted by Crippen LogP contribution is 2.42. The highest BCUT2D eigenvalue weighted by Gasteiger charge is 2.55. The number of nitrogens with one attached hydrogen (secondary N) is 2. The van der Waals surface area contributed by atoms with Gasteiger partial charge in [0.15, 0.2) is 0 Å². The third-order valence-electron chi connectivity index (χ3n) is 6.71. The van der Waals surface area contributed by atoms with Crippen molar-refractivity contribution in [2.45, 2.75) is 50.3 Å². The molecule has 0 radical (unpaired) electrons. The van der Waals surface area contributed by atoms with Gasteiger partial charge in [0.1, 0.15) is 12.1 Å². The number of hydrogen-bond acceptors (Lipinski definition) is 6. The highest BCUT2D eigenvalue weighted by atomic mass is 16.6. The van der Waals surface area contributed by atoms with Crippen molar-refractivity contribution in [3.05, 3.63) is 94.0 Å². The molecule has 5 atom stereocenters. The monoisotopic (exact) mass is 475 g/mol. The molecule has 9 heteroatoms. The van der Waals surface area contributed by atoms with Crippen molar-refractivity contribution in [1.82, 2.24) is 10.6 Å². The summed E-state index contributed by atoms with van der Waals surface area (Å²) in [7, 11) is -1.74. The second-order valence-electron chi connectivity index (χ2n) is 9.56. The Bertz CT molecular complexity index is 1180. The predicted molar refractivity (Wildman–Crippen MR) is 135 cm³/mol. The fourth-order valence-corrected chi connectivity index (χ4v) is 5.19. The van der Waals surface area contributed by atoms with E-state index in [1.54, 1.807) is 24.3 Å². The third kappa shape index (κ3) is 5.22. The smallest absolute Gasteiger partial charge is 0.426 e. The molecule has 0 aliphatic carbocycles. The van der Waals surface area contributed by atoms with Crippen LogP contribution in [-0.4, -0.2) is 46.0 Å². The van der Waals surface area contributed by atoms with E-state index in [0.29, 0.717) is 12.0 Å². The third-order valence-corrected chi connectivity index (χ3v) is 6.71. The van der Waals surface area contributed by atoms with Gasteiger partial charge in [0.25, 0.3) is 0 Å². The maximum Gasteiger partial charge on any atom is 0.475 e. The van der Waals surface area contributed by atoms with Crippen LogP contribution in [0.2, 0.25) is 0 Å². The largest absolute Gasteiger partial charge is 0.475 e. The number of nitrogens with zero attached hydrogens (tertiary/aromatic N) is 1. The molecular formula is C26H30BN3O5. The van der Waals surface area contributed by atoms with Gasteiger partial charge in [-0.3, -0.25) is 20.2 Å². The van der Waals surface area contributed by atoms with Crippen LogP contribution >= 0.6 is 0 Å². The van der Waals surface area contributed by atoms with Gasteiger partial charge in [0.05, 0.1) is 11.9 Å². The zero-order valence-electron chi connectivity index (χ0n) is 19.7. The van der Waals surface area contributed by atoms with Gasteiger partial charge >= 0.3 is 7.12 Å². The molecule has 1 fully saturated rings. The van der Waals surface area contributed by atoms with Crippen molar-refractivity contribution in [2.24, 2.45) is 5.92 Å². The molecule has 0 spiro atoms. The van der Waals surface area contributed by atoms with E-state index in [0.717, 1.165) is 16.3 Å². The number of fused-ring (bicyclic) bond motifs is 1. The van der Waals surface area contributed by atoms with Crippen molar-refractivity contribution in [2.75, 3.05) is 0 Å². The summed E-state index contributed by atoms with van der Waals surface area (Å²) in [5, 5.41) is 40.0. The van der Waals surface area contributed by atoms with Crippen molar-refractivity contribution in [3.63, 3.8) is 0 Å². The number of nitro groups is 1. The van der Waals surface area contributed by atoms with Gasteiger partial charge in [0, 0.05) is 4.92 Å². The number of rotatable bonds is 8. The molecule has 1 aliphatic heterocycles. The Morgan fingerprint density at radius 1 is 1.06 bits per heavy atom. The van der Waals surface area contributed by atoms with Crippen molar-refractivity contribution in [3.8, 4) is 0 Å². The first-order valence-electron chi connectivity index (χ1n) is 11.9. The van der Waals surface area contributed by atoms with Gasteiger partial charge in [-0.05, 0) is 34.2 Å². The summed E-state index contributed by atoms with van der Waals surface area (Å²) >= 11 is 0. The van der Waals surface area contributed by atoms with Crippen molar-refractivity contribution in [1.29, 1.82) is 0 Å². The first kappa shape index (κ1) is 24.8. The van der Waals surface area contributed by atoms with Gasteiger partial charge in [0.2, 0.25) is 11.9 Å². The molecule has 0 bridgehead atoms. The Hall–Kier alpha value is -3.27. The zero-order chi connectivity index (χ0) is 25.1. The fourth-order valence-electron chi connectivity index (χ4n) is 5.19. The van der Waals surface area contributed by atoms with E-state index in [-0.39, 0.29) is 10.8 Å². The number of amides is 1. The summed E-state index contributed by atoms with van der Waals surface area (Å²) in [6.45, 7) is 3.84. The minimum Gasteiger partial charge on any atom is -0.426 e. The average molecular weight is 475 g/mol. The number of carbonyl (C=O) groups is 1. The molecule has 182 valence electrons. The van der Waals surface area contributed by atoms with Crippen LogP contribution in [0.15, 0.2) is 72.8 Å². The quantitative estimate of drug-likeness (QED) is 0.226. The number of benzene rings is 3. The van der Waals surface area contributed by atoms with Crippen LogP contribution in [-0.2, 0) is 4.79 Å². The summed E-state index contributed by atoms with van der Waals surface area (Å²) in [5.74, 6) is -2.03. The maximum absolute atomic E-state index is 13.5. The van der Waals surface area contributed by atoms with E-state index in [1.165, 1.54) is 0 Å². The molecule has 1 amide bonds. The first-order valence-corrected chi connectivity index (χ1v) is 11.9. The van der Waals surface area contributed by atoms with Crippen LogP contribution in [0.4, 0.5) is 0 Å². The molecular weight excluding hydrogens is 445 g/mol. The minimum atomic E-state index is -1.74. The highest BCUT2D eigenvalue weighted by molar-refractivity contribution is 6.43. The summed E-state index contributed by atoms with van der Waals surface area (Å²) < 4.78 is 0. The Labute approximate surface area is 204 Å². The van der Waals surface area contributed by atoms with Gasteiger partial charge in [-0.1, -0.05) is 86.6 Å². The molecule has 1 unspecified atom stereocenters. The maximum atomic E-state index is 13.5. The minimum absolute atomic E-state index is 0.110. The predicted octanol–water partition coefficient (Wildman–Crippen LogP) is 2.82. The molecule has 0 aromatic heterocycles. The van der Waals surface area contributed by atoms with Crippen LogP contribution in [0.1, 0.15) is 43.4 Å². The van der Waals surface area contributed by atoms with Crippen molar-refractivity contribution < 1.29 is 19.8 Å². The topological polar surface area (TPSA) is 125 Å². The van der Waals surface area contributed by atoms with Crippen LogP contribution in [0.5, 0.6) is 0 Å². The Kier molecular flexibility index (Phi) is 7.49. The second-order valence-corrected chi connectivity index (χ2v) is 9.56. The van der Waals surface area contributed by atoms with E-state index < -0.39 is 43.0 Å². The Morgan fingerprint density at radius 2 is 1.71 bits per heavy atom. The molecule has 8 nitrogen and oxygen atoms in total. The number of carbonyl (C=O) groups excluding carboxylic acids is 1. The molecule has 4 N–H and O–H groups in total. The van der Waals surface area contributed by atoms with Crippen LogP contribution in [0.25, 0.3) is 10.8 Å². The lowest BCUT2D eigenvalue weighted by atomic mass is 9.74. The summed E-state index contributed by atoms with van der Waals surface area (Å²) in [5.41, 5.74) is 1.43. The molecule has 3 aromatic rings. The lowest BCUT2D eigenvalue weighted by Crippen LogP contribution is -2.53. The van der Waals surface area contributed by atoms with E-state index in [2.05, 4.69) is 10.6 Å². The Balaban J connectivity index is 1.77. The molecule has 0 saturated carbocycles. The van der Waals surface area contributed by atoms with Gasteiger partial charge in [-0.25, -0.2) is 0 Å². The number of hydrogen-bond donors (Lipinski definition) is 4. The van der Waals surface area contributed by atoms with Crippen LogP contribution in [0.3, 0.4) is 0 Å². The standard InChI is InChI=1S/C26H30BN3O5/c1-16(2)15-21(27(32)33)28-26(31)24-22(18-10-4-3-5-11-18)25(30(34)35)23(29-24)20-14-8-12-17-9-6-7-13-19(17)20/h3-14,16,21-25,29,32-33H,15H2,1-2H3,(H,28,31)/t21?,22-,23+,24+,25+/m0/s1. The average Bonchev–Trinajstić information content (AvgIpc) is 3.24. The SMILES string of the molecule is CC(C)CC(NC(=O)[C@@H]1N[C@H](c2cccc3ccccc23)[C@H]([N+](=O)[O-])[C@H]1c1ccccc1)B(O)O. The zero-order valence-corrected chi connectivity index (χ0v) is 19.7. The summed E-state index contributed by atoms with van der Waals surface area (Å²) in [4.78, 5) is 25.7. The normalized spacial score (nSPS) is 22.8. The van der Waals surface area contributed by atoms with Gasteiger partial charge in [-0.2, -0.15) is 0 Å². The Morgan fingerprint density at radius 3 is 2.37 bits per heavy atom. The molecule has 1 saturated heterocycles. The summed E-state index contributed by atoms with van der Waals surface area (Å²) in [6.07, 6.45) is 0.359. The molecule has 4 rings (SSSR count). The van der Waals surface area contributed by atoms with Crippen LogP contribution < -0.4 is 10.6 Å². The van der Waals surface area contributed by atoms with Crippen LogP contribution in [0, 0.1) is 16.0 Å². The fraction of sp³-hybridized carbons (Fsp3) is 0.346. The van der Waals surface area contributed by atoms with Gasteiger partial charge < -0.3 is 15.4 Å². The molecule has 3 aromatic carbocycles. The van der Waals surface area contributed by atoms with E-state index >= 15 is 0 Å². The van der Waals surface area contributed by atoms with E-state index in [1.807, 2.05) is 62.4 Å². The second kappa shape index (κ2) is 10.6. The lowest BCUT2D eigenvalue weighted by molar-refractivity contribution is -0.527. The first-order chi connectivity index (χ1) is 16.8. The molecule has 1 aliphatic rings. The van der Waals surface area contributed by atoms with E-state index in [9.17, 15) is 25.0 Å². The van der Waals surface area contributed by atoms with Crippen molar-refractivity contribution >= 4 is 23.8 Å². The van der Waals surface area contributed by atoms with E-state index in [4.69, 9.17) is 0 Å². The van der Waals surface area contributed by atoms with Gasteiger partial charge in [-0.15, -0.1) is 0 Å². The summed E-state index contributed by atoms with van der Waals surface area (Å²) in [6, 6.07) is 19.6. The molecule has 1 heterocycles.